The van der Waals surface area contributed by atoms with Gasteiger partial charge in [-0.3, -0.25) is 9.78 Å². The SMILES string of the molecule is [CH2]COCCOC[C](OOC(=O)c1cccc(OC)c1OC)OOC(=O)c1cccc(OC)c1OC. The number of para-hydroxylation sites is 2. The average Bonchev–Trinajstić information content (AvgIpc) is 2.92. The van der Waals surface area contributed by atoms with E-state index in [4.69, 9.17) is 48.0 Å². The van der Waals surface area contributed by atoms with Crippen molar-refractivity contribution >= 4 is 11.9 Å². The molecule has 12 heteroatoms. The second-order valence-electron chi connectivity index (χ2n) is 6.53. The Labute approximate surface area is 208 Å². The lowest BCUT2D eigenvalue weighted by Crippen LogP contribution is -2.21. The molecule has 0 spiro atoms. The van der Waals surface area contributed by atoms with E-state index in [0.717, 1.165) is 0 Å². The van der Waals surface area contributed by atoms with Crippen LogP contribution in [0, 0.1) is 13.2 Å². The minimum absolute atomic E-state index is 0.0130. The summed E-state index contributed by atoms with van der Waals surface area (Å²) in [7, 11) is 5.57. The summed E-state index contributed by atoms with van der Waals surface area (Å²) in [5.41, 5.74) is 0.0261. The van der Waals surface area contributed by atoms with Crippen LogP contribution in [0.15, 0.2) is 36.4 Å². The maximum absolute atomic E-state index is 12.6. The van der Waals surface area contributed by atoms with Crippen molar-refractivity contribution in [2.24, 2.45) is 0 Å². The average molecular weight is 508 g/mol. The Kier molecular flexibility index (Phi) is 12.3. The van der Waals surface area contributed by atoms with Crippen LogP contribution in [0.1, 0.15) is 20.7 Å². The first-order chi connectivity index (χ1) is 17.5. The highest BCUT2D eigenvalue weighted by atomic mass is 17.3. The molecular weight excluding hydrogens is 480 g/mol. The van der Waals surface area contributed by atoms with E-state index in [2.05, 4.69) is 6.92 Å². The molecule has 0 bridgehead atoms. The summed E-state index contributed by atoms with van der Waals surface area (Å²) in [5, 5.41) is 0. The van der Waals surface area contributed by atoms with Gasteiger partial charge < -0.3 is 28.4 Å². The molecule has 0 aromatic heterocycles. The molecule has 2 aromatic rings. The molecule has 0 saturated carbocycles. The molecule has 2 rings (SSSR count). The lowest BCUT2D eigenvalue weighted by molar-refractivity contribution is -0.368. The van der Waals surface area contributed by atoms with Gasteiger partial charge in [0.1, 0.15) is 17.7 Å². The van der Waals surface area contributed by atoms with Gasteiger partial charge in [0.2, 0.25) is 0 Å². The normalized spacial score (nSPS) is 10.6. The highest BCUT2D eigenvalue weighted by Crippen LogP contribution is 2.32. The lowest BCUT2D eigenvalue weighted by atomic mass is 10.2. The molecule has 0 aliphatic carbocycles. The molecule has 196 valence electrons. The van der Waals surface area contributed by atoms with E-state index in [9.17, 15) is 9.59 Å². The van der Waals surface area contributed by atoms with Crippen molar-refractivity contribution in [1.29, 1.82) is 0 Å². The molecule has 0 heterocycles. The standard InChI is InChI=1S/C24H28O12/c1-6-31-13-14-32-15-20(33-35-23(25)16-9-7-11-18(27-2)21(16)29-4)34-36-24(26)17-10-8-12-19(28-3)22(17)30-5/h7-12H,1,6,13-15H2,2-5H3. The Morgan fingerprint density at radius 1 is 0.667 bits per heavy atom. The molecule has 2 aromatic carbocycles. The van der Waals surface area contributed by atoms with E-state index in [1.165, 1.54) is 40.6 Å². The van der Waals surface area contributed by atoms with E-state index in [1.807, 2.05) is 0 Å². The molecule has 2 radical (unpaired) electrons. The van der Waals surface area contributed by atoms with Gasteiger partial charge in [0.25, 0.3) is 0 Å². The predicted octanol–water partition coefficient (Wildman–Crippen LogP) is 2.95. The molecule has 0 atom stereocenters. The minimum atomic E-state index is -0.937. The van der Waals surface area contributed by atoms with Gasteiger partial charge >= 0.3 is 18.2 Å². The van der Waals surface area contributed by atoms with Crippen molar-refractivity contribution in [3.63, 3.8) is 0 Å². The third kappa shape index (κ3) is 7.99. The van der Waals surface area contributed by atoms with E-state index < -0.39 is 18.2 Å². The number of hydrogen-bond donors (Lipinski definition) is 0. The van der Waals surface area contributed by atoms with Crippen molar-refractivity contribution in [3.05, 3.63) is 60.7 Å². The quantitative estimate of drug-likeness (QED) is 0.188. The number of carbonyl (C=O) groups excluding carboxylic acids is 2. The van der Waals surface area contributed by atoms with Crippen molar-refractivity contribution in [3.8, 4) is 23.0 Å². The lowest BCUT2D eigenvalue weighted by Gasteiger charge is -2.16. The second kappa shape index (κ2) is 15.4. The summed E-state index contributed by atoms with van der Waals surface area (Å²) in [5.74, 6) is -0.992. The highest BCUT2D eigenvalue weighted by molar-refractivity contribution is 5.93. The van der Waals surface area contributed by atoms with Gasteiger partial charge in [0.15, 0.2) is 23.0 Å². The molecule has 0 saturated heterocycles. The van der Waals surface area contributed by atoms with Gasteiger partial charge in [-0.2, -0.15) is 0 Å². The molecule has 0 unspecified atom stereocenters. The van der Waals surface area contributed by atoms with Crippen LogP contribution in [0.25, 0.3) is 0 Å². The Balaban J connectivity index is 2.07. The Morgan fingerprint density at radius 2 is 1.14 bits per heavy atom. The Morgan fingerprint density at radius 3 is 1.56 bits per heavy atom. The molecular formula is C24H28O12. The van der Waals surface area contributed by atoms with Crippen LogP contribution >= 0.6 is 0 Å². The summed E-state index contributed by atoms with van der Waals surface area (Å²) in [6.45, 7) is 3.79. The summed E-state index contributed by atoms with van der Waals surface area (Å²) < 4.78 is 31.1. The fraction of sp³-hybridized carbons (Fsp3) is 0.333. The predicted molar refractivity (Wildman–Crippen MR) is 122 cm³/mol. The van der Waals surface area contributed by atoms with E-state index in [1.54, 1.807) is 24.3 Å². The smallest absolute Gasteiger partial charge is 0.377 e. The monoisotopic (exact) mass is 508 g/mol. The summed E-state index contributed by atoms with van der Waals surface area (Å²) >= 11 is 0. The van der Waals surface area contributed by atoms with Gasteiger partial charge in [-0.15, -0.1) is 9.78 Å². The van der Waals surface area contributed by atoms with Crippen LogP contribution < -0.4 is 18.9 Å². The number of ether oxygens (including phenoxy) is 6. The topological polar surface area (TPSA) is 126 Å². The van der Waals surface area contributed by atoms with Crippen molar-refractivity contribution in [2.75, 3.05) is 54.9 Å². The molecule has 36 heavy (non-hydrogen) atoms. The van der Waals surface area contributed by atoms with Gasteiger partial charge in [-0.1, -0.05) is 12.1 Å². The number of rotatable bonds is 16. The zero-order valence-corrected chi connectivity index (χ0v) is 20.4. The number of hydrogen-bond acceptors (Lipinski definition) is 12. The van der Waals surface area contributed by atoms with Crippen LogP contribution in [-0.2, 0) is 29.0 Å². The minimum Gasteiger partial charge on any atom is -0.493 e. The van der Waals surface area contributed by atoms with Crippen molar-refractivity contribution in [1.82, 2.24) is 0 Å². The second-order valence-corrected chi connectivity index (χ2v) is 6.53. The third-order valence-electron chi connectivity index (χ3n) is 4.40. The Hall–Kier alpha value is -3.58. The van der Waals surface area contributed by atoms with E-state index in [-0.39, 0.29) is 49.1 Å². The molecule has 0 fully saturated rings. The number of methoxy groups -OCH3 is 4. The van der Waals surface area contributed by atoms with Crippen LogP contribution in [0.4, 0.5) is 0 Å². The fourth-order valence-corrected chi connectivity index (χ4v) is 2.79. The highest BCUT2D eigenvalue weighted by Gasteiger charge is 2.26. The van der Waals surface area contributed by atoms with Gasteiger partial charge in [-0.25, -0.2) is 9.59 Å². The molecule has 0 aliphatic heterocycles. The Bertz CT molecular complexity index is 906. The molecule has 12 nitrogen and oxygen atoms in total. The maximum Gasteiger partial charge on any atom is 0.377 e. The first kappa shape index (κ1) is 28.7. The van der Waals surface area contributed by atoms with Gasteiger partial charge in [0, 0.05) is 6.61 Å². The van der Waals surface area contributed by atoms with Crippen molar-refractivity contribution < 1.29 is 57.6 Å². The fourth-order valence-electron chi connectivity index (χ4n) is 2.79. The summed E-state index contributed by atoms with van der Waals surface area (Å²) in [6, 6.07) is 9.21. The maximum atomic E-state index is 12.6. The van der Waals surface area contributed by atoms with Gasteiger partial charge in [0.05, 0.1) is 41.7 Å². The summed E-state index contributed by atoms with van der Waals surface area (Å²) in [6.07, 6.45) is -0.491. The largest absolute Gasteiger partial charge is 0.493 e. The zero-order valence-electron chi connectivity index (χ0n) is 20.4. The van der Waals surface area contributed by atoms with E-state index >= 15 is 0 Å². The van der Waals surface area contributed by atoms with Crippen LogP contribution in [0.5, 0.6) is 23.0 Å². The van der Waals surface area contributed by atoms with E-state index in [0.29, 0.717) is 11.5 Å². The van der Waals surface area contributed by atoms with Crippen molar-refractivity contribution in [2.45, 2.75) is 0 Å². The molecule has 0 amide bonds. The summed E-state index contributed by atoms with van der Waals surface area (Å²) in [4.78, 5) is 44.7. The third-order valence-corrected chi connectivity index (χ3v) is 4.40. The van der Waals surface area contributed by atoms with Crippen LogP contribution in [0.3, 0.4) is 0 Å². The van der Waals surface area contributed by atoms with Gasteiger partial charge in [-0.05, 0) is 31.2 Å². The first-order valence-electron chi connectivity index (χ1n) is 10.5. The number of carbonyl (C=O) groups is 2. The molecule has 0 aliphatic rings. The first-order valence-corrected chi connectivity index (χ1v) is 10.5. The van der Waals surface area contributed by atoms with Crippen LogP contribution in [-0.4, -0.2) is 66.8 Å². The zero-order chi connectivity index (χ0) is 26.3. The molecule has 0 N–H and O–H groups in total. The van der Waals surface area contributed by atoms with Crippen LogP contribution in [0.2, 0.25) is 0 Å². The number of benzene rings is 2.